The molecular formula is C17H27ClN2O. The molecule has 2 N–H and O–H groups in total. The van der Waals surface area contributed by atoms with Gasteiger partial charge in [0.25, 0.3) is 0 Å². The summed E-state index contributed by atoms with van der Waals surface area (Å²) in [7, 11) is 0. The Morgan fingerprint density at radius 1 is 1.33 bits per heavy atom. The molecule has 1 atom stereocenters. The van der Waals surface area contributed by atoms with Crippen molar-refractivity contribution in [2.45, 2.75) is 51.7 Å². The summed E-state index contributed by atoms with van der Waals surface area (Å²) >= 11 is 6.42. The molecule has 21 heavy (non-hydrogen) atoms. The highest BCUT2D eigenvalue weighted by Crippen LogP contribution is 2.31. The highest BCUT2D eigenvalue weighted by Gasteiger charge is 2.22. The average Bonchev–Trinajstić information content (AvgIpc) is 2.50. The Balaban J connectivity index is 2.11. The molecule has 4 heteroatoms. The Kier molecular flexibility index (Phi) is 6.34. The lowest BCUT2D eigenvalue weighted by Gasteiger charge is -2.35. The van der Waals surface area contributed by atoms with Gasteiger partial charge in [-0.15, -0.1) is 0 Å². The molecule has 3 nitrogen and oxygen atoms in total. The third-order valence-electron chi connectivity index (χ3n) is 4.27. The van der Waals surface area contributed by atoms with Crippen molar-refractivity contribution < 1.29 is 4.74 Å². The lowest BCUT2D eigenvalue weighted by Crippen LogP contribution is -2.38. The van der Waals surface area contributed by atoms with Crippen LogP contribution >= 0.6 is 11.6 Å². The number of hydrogen-bond acceptors (Lipinski definition) is 3. The zero-order valence-corrected chi connectivity index (χ0v) is 13.9. The predicted molar refractivity (Wildman–Crippen MR) is 90.3 cm³/mol. The first kappa shape index (κ1) is 16.6. The van der Waals surface area contributed by atoms with E-state index in [1.54, 1.807) is 0 Å². The number of piperidine rings is 1. The smallest absolute Gasteiger partial charge is 0.0608 e. The Labute approximate surface area is 133 Å². The number of halogens is 1. The van der Waals surface area contributed by atoms with E-state index in [0.717, 1.165) is 50.4 Å². The molecule has 0 bridgehead atoms. The predicted octanol–water partition coefficient (Wildman–Crippen LogP) is 3.63. The quantitative estimate of drug-likeness (QED) is 0.872. The van der Waals surface area contributed by atoms with Crippen LogP contribution in [0.5, 0.6) is 0 Å². The van der Waals surface area contributed by atoms with Gasteiger partial charge in [0.2, 0.25) is 0 Å². The van der Waals surface area contributed by atoms with Gasteiger partial charge in [-0.2, -0.15) is 0 Å². The molecule has 1 fully saturated rings. The van der Waals surface area contributed by atoms with Crippen LogP contribution in [0.4, 0.5) is 5.69 Å². The van der Waals surface area contributed by atoms with Gasteiger partial charge in [-0.1, -0.05) is 24.6 Å². The van der Waals surface area contributed by atoms with Gasteiger partial charge >= 0.3 is 0 Å². The third-order valence-corrected chi connectivity index (χ3v) is 4.62. The van der Waals surface area contributed by atoms with Crippen molar-refractivity contribution in [2.24, 2.45) is 5.73 Å². The Hall–Kier alpha value is -0.770. The van der Waals surface area contributed by atoms with Gasteiger partial charge in [0.1, 0.15) is 0 Å². The van der Waals surface area contributed by atoms with Crippen LogP contribution in [0.3, 0.4) is 0 Å². The molecular weight excluding hydrogens is 284 g/mol. The Morgan fingerprint density at radius 2 is 2.05 bits per heavy atom. The van der Waals surface area contributed by atoms with Crippen LogP contribution in [0.1, 0.15) is 38.7 Å². The fourth-order valence-electron chi connectivity index (χ4n) is 2.95. The van der Waals surface area contributed by atoms with Gasteiger partial charge in [0.05, 0.1) is 6.10 Å². The normalized spacial score (nSPS) is 18.0. The summed E-state index contributed by atoms with van der Waals surface area (Å²) in [6, 6.07) is 6.35. The maximum Gasteiger partial charge on any atom is 0.0608 e. The standard InChI is InChI=1S/C17H27ClN2O/c1-3-13(19)12-15-16(18)6-5-7-17(15)20-10-8-14(9-11-20)21-4-2/h5-7,13-14H,3-4,8-12,19H2,1-2H3. The highest BCUT2D eigenvalue weighted by molar-refractivity contribution is 6.31. The zero-order valence-electron chi connectivity index (χ0n) is 13.1. The van der Waals surface area contributed by atoms with E-state index >= 15 is 0 Å². The molecule has 1 saturated heterocycles. The summed E-state index contributed by atoms with van der Waals surface area (Å²) in [6.45, 7) is 7.04. The second-order valence-electron chi connectivity index (χ2n) is 5.75. The molecule has 1 aliphatic heterocycles. The number of ether oxygens (including phenoxy) is 1. The number of anilines is 1. The van der Waals surface area contributed by atoms with Crippen LogP contribution in [-0.4, -0.2) is 31.8 Å². The topological polar surface area (TPSA) is 38.5 Å². The molecule has 2 rings (SSSR count). The number of rotatable bonds is 6. The summed E-state index contributed by atoms with van der Waals surface area (Å²) in [5.74, 6) is 0. The molecule has 1 aromatic carbocycles. The van der Waals surface area contributed by atoms with Crippen molar-refractivity contribution in [2.75, 3.05) is 24.6 Å². The van der Waals surface area contributed by atoms with Crippen LogP contribution in [0.15, 0.2) is 18.2 Å². The highest BCUT2D eigenvalue weighted by atomic mass is 35.5. The largest absolute Gasteiger partial charge is 0.378 e. The van der Waals surface area contributed by atoms with Crippen molar-refractivity contribution in [3.8, 4) is 0 Å². The minimum Gasteiger partial charge on any atom is -0.378 e. The zero-order chi connectivity index (χ0) is 15.2. The minimum atomic E-state index is 0.171. The van der Waals surface area contributed by atoms with Gasteiger partial charge in [-0.3, -0.25) is 0 Å². The van der Waals surface area contributed by atoms with Crippen molar-refractivity contribution in [3.63, 3.8) is 0 Å². The van der Waals surface area contributed by atoms with Crippen LogP contribution in [0.2, 0.25) is 5.02 Å². The van der Waals surface area contributed by atoms with Crippen molar-refractivity contribution in [1.82, 2.24) is 0 Å². The van der Waals surface area contributed by atoms with Crippen LogP contribution < -0.4 is 10.6 Å². The molecule has 1 aromatic rings. The Bertz CT molecular complexity index is 444. The summed E-state index contributed by atoms with van der Waals surface area (Å²) in [5, 5.41) is 0.836. The van der Waals surface area contributed by atoms with E-state index in [-0.39, 0.29) is 6.04 Å². The maximum atomic E-state index is 6.42. The average molecular weight is 311 g/mol. The number of hydrogen-bond donors (Lipinski definition) is 1. The second-order valence-corrected chi connectivity index (χ2v) is 6.16. The van der Waals surface area contributed by atoms with Gasteiger partial charge in [-0.25, -0.2) is 0 Å². The number of nitrogens with zero attached hydrogens (tertiary/aromatic N) is 1. The first-order chi connectivity index (χ1) is 10.2. The van der Waals surface area contributed by atoms with E-state index < -0.39 is 0 Å². The van der Waals surface area contributed by atoms with E-state index in [9.17, 15) is 0 Å². The maximum absolute atomic E-state index is 6.42. The molecule has 0 aromatic heterocycles. The monoisotopic (exact) mass is 310 g/mol. The number of nitrogens with two attached hydrogens (primary N) is 1. The molecule has 0 amide bonds. The molecule has 1 unspecified atom stereocenters. The number of benzene rings is 1. The van der Waals surface area contributed by atoms with Crippen molar-refractivity contribution >= 4 is 17.3 Å². The summed E-state index contributed by atoms with van der Waals surface area (Å²) in [5.41, 5.74) is 8.59. The van der Waals surface area contributed by atoms with Crippen molar-refractivity contribution in [1.29, 1.82) is 0 Å². The first-order valence-electron chi connectivity index (χ1n) is 8.05. The van der Waals surface area contributed by atoms with Gasteiger partial charge in [0.15, 0.2) is 0 Å². The third kappa shape index (κ3) is 4.35. The van der Waals surface area contributed by atoms with Gasteiger partial charge in [-0.05, 0) is 50.3 Å². The first-order valence-corrected chi connectivity index (χ1v) is 8.43. The van der Waals surface area contributed by atoms with Crippen molar-refractivity contribution in [3.05, 3.63) is 28.8 Å². The molecule has 118 valence electrons. The van der Waals surface area contributed by atoms with E-state index in [2.05, 4.69) is 24.8 Å². The van der Waals surface area contributed by atoms with E-state index in [4.69, 9.17) is 22.1 Å². The lowest BCUT2D eigenvalue weighted by molar-refractivity contribution is 0.0459. The van der Waals surface area contributed by atoms with E-state index in [0.29, 0.717) is 6.10 Å². The second kappa shape index (κ2) is 8.02. The lowest BCUT2D eigenvalue weighted by atomic mass is 10.00. The van der Waals surface area contributed by atoms with Crippen LogP contribution in [-0.2, 0) is 11.2 Å². The van der Waals surface area contributed by atoms with Gasteiger partial charge < -0.3 is 15.4 Å². The molecule has 0 spiro atoms. The minimum absolute atomic E-state index is 0.171. The fraction of sp³-hybridized carbons (Fsp3) is 0.647. The van der Waals surface area contributed by atoms with Gasteiger partial charge in [0, 0.05) is 36.4 Å². The summed E-state index contributed by atoms with van der Waals surface area (Å²) < 4.78 is 5.73. The van der Waals surface area contributed by atoms with Crippen LogP contribution in [0, 0.1) is 0 Å². The Morgan fingerprint density at radius 3 is 2.67 bits per heavy atom. The molecule has 1 heterocycles. The summed E-state index contributed by atoms with van der Waals surface area (Å²) in [4.78, 5) is 2.43. The molecule has 0 saturated carbocycles. The van der Waals surface area contributed by atoms with E-state index in [1.165, 1.54) is 11.3 Å². The fourth-order valence-corrected chi connectivity index (χ4v) is 3.20. The SMILES string of the molecule is CCOC1CCN(c2cccc(Cl)c2CC(N)CC)CC1. The molecule has 1 aliphatic rings. The van der Waals surface area contributed by atoms with Crippen LogP contribution in [0.25, 0.3) is 0 Å². The molecule has 0 radical (unpaired) electrons. The molecule has 0 aliphatic carbocycles. The summed E-state index contributed by atoms with van der Waals surface area (Å²) in [6.07, 6.45) is 4.39. The van der Waals surface area contributed by atoms with E-state index in [1.807, 2.05) is 12.1 Å².